The van der Waals surface area contributed by atoms with Gasteiger partial charge in [0.15, 0.2) is 0 Å². The van der Waals surface area contributed by atoms with Crippen molar-refractivity contribution in [3.8, 4) is 0 Å². The van der Waals surface area contributed by atoms with E-state index in [0.717, 1.165) is 0 Å². The van der Waals surface area contributed by atoms with Crippen molar-refractivity contribution in [2.45, 2.75) is 5.75 Å². The average molecular weight is 245 g/mol. The van der Waals surface area contributed by atoms with Crippen LogP contribution in [0.1, 0.15) is 5.56 Å². The standard InChI is InChI=1S/C9H12N2O4S/c1-10(2)9(12)11-5-3-4-8(6-11)7-16(13,14)15/h3-6H,7H2,1-2H3/p+1. The summed E-state index contributed by atoms with van der Waals surface area (Å²) in [5.41, 5.74) is 0.347. The molecular weight excluding hydrogens is 232 g/mol. The third-order valence-corrected chi connectivity index (χ3v) is 2.51. The summed E-state index contributed by atoms with van der Waals surface area (Å²) in [6, 6.07) is 2.77. The van der Waals surface area contributed by atoms with E-state index in [2.05, 4.69) is 0 Å². The highest BCUT2D eigenvalue weighted by atomic mass is 32.2. The molecule has 0 unspecified atom stereocenters. The Morgan fingerprint density at radius 3 is 2.62 bits per heavy atom. The van der Waals surface area contributed by atoms with Crippen LogP contribution >= 0.6 is 0 Å². The number of carbonyl (C=O) groups excluding carboxylic acids is 1. The fourth-order valence-electron chi connectivity index (χ4n) is 1.17. The first kappa shape index (κ1) is 12.6. The zero-order valence-electron chi connectivity index (χ0n) is 8.99. The number of carbonyl (C=O) groups is 1. The van der Waals surface area contributed by atoms with Gasteiger partial charge in [-0.25, -0.2) is 4.90 Å². The Balaban J connectivity index is 3.00. The third kappa shape index (κ3) is 3.59. The van der Waals surface area contributed by atoms with Crippen molar-refractivity contribution in [2.75, 3.05) is 14.1 Å². The van der Waals surface area contributed by atoms with E-state index in [0.29, 0.717) is 5.56 Å². The second kappa shape index (κ2) is 4.58. The molecule has 1 aromatic heterocycles. The van der Waals surface area contributed by atoms with Gasteiger partial charge in [-0.15, -0.1) is 0 Å². The predicted octanol–water partition coefficient (Wildman–Crippen LogP) is -0.108. The van der Waals surface area contributed by atoms with E-state index in [1.165, 1.54) is 27.9 Å². The maximum absolute atomic E-state index is 11.5. The third-order valence-electron chi connectivity index (χ3n) is 1.81. The van der Waals surface area contributed by atoms with Crippen molar-refractivity contribution in [1.29, 1.82) is 0 Å². The zero-order chi connectivity index (χ0) is 12.3. The molecule has 0 aliphatic rings. The van der Waals surface area contributed by atoms with Gasteiger partial charge in [-0.2, -0.15) is 17.8 Å². The number of aromatic nitrogens is 1. The van der Waals surface area contributed by atoms with Crippen molar-refractivity contribution in [2.24, 2.45) is 0 Å². The van der Waals surface area contributed by atoms with E-state index in [9.17, 15) is 13.2 Å². The number of nitrogens with zero attached hydrogens (tertiary/aromatic N) is 2. The molecule has 1 amide bonds. The lowest BCUT2D eigenvalue weighted by Gasteiger charge is -2.04. The van der Waals surface area contributed by atoms with Gasteiger partial charge >= 0.3 is 6.03 Å². The van der Waals surface area contributed by atoms with Crippen molar-refractivity contribution >= 4 is 16.1 Å². The van der Waals surface area contributed by atoms with E-state index < -0.39 is 15.9 Å². The summed E-state index contributed by atoms with van der Waals surface area (Å²) in [6.45, 7) is 0. The van der Waals surface area contributed by atoms with Crippen molar-refractivity contribution in [1.82, 2.24) is 4.90 Å². The molecule has 0 bridgehead atoms. The SMILES string of the molecule is CN(C)C(=O)[n+]1cccc(CS(=O)(=O)O)c1. The summed E-state index contributed by atoms with van der Waals surface area (Å²) < 4.78 is 31.3. The fraction of sp³-hybridized carbons (Fsp3) is 0.333. The lowest BCUT2D eigenvalue weighted by molar-refractivity contribution is -0.578. The summed E-state index contributed by atoms with van der Waals surface area (Å²) in [7, 11) is -0.902. The smallest absolute Gasteiger partial charge is 0.285 e. The molecule has 6 nitrogen and oxygen atoms in total. The van der Waals surface area contributed by atoms with Crippen LogP contribution in [0.2, 0.25) is 0 Å². The van der Waals surface area contributed by atoms with Gasteiger partial charge < -0.3 is 0 Å². The number of hydrogen-bond donors (Lipinski definition) is 1. The molecular formula is C9H13N2O4S+. The zero-order valence-corrected chi connectivity index (χ0v) is 9.81. The Morgan fingerprint density at radius 2 is 2.12 bits per heavy atom. The Bertz CT molecular complexity index is 496. The molecule has 88 valence electrons. The van der Waals surface area contributed by atoms with Gasteiger partial charge in [0.05, 0.1) is 20.3 Å². The van der Waals surface area contributed by atoms with Gasteiger partial charge in [0, 0.05) is 5.56 Å². The van der Waals surface area contributed by atoms with Crippen LogP contribution in [-0.2, 0) is 15.9 Å². The van der Waals surface area contributed by atoms with Gasteiger partial charge in [0.25, 0.3) is 10.1 Å². The Hall–Kier alpha value is -1.47. The minimum absolute atomic E-state index is 0.294. The van der Waals surface area contributed by atoms with Gasteiger partial charge in [-0.3, -0.25) is 4.55 Å². The predicted molar refractivity (Wildman–Crippen MR) is 56.4 cm³/mol. The molecule has 16 heavy (non-hydrogen) atoms. The van der Waals surface area contributed by atoms with E-state index in [1.807, 2.05) is 0 Å². The minimum Gasteiger partial charge on any atom is -0.285 e. The van der Waals surface area contributed by atoms with Crippen LogP contribution in [-0.4, -0.2) is 38.0 Å². The maximum Gasteiger partial charge on any atom is 0.497 e. The highest BCUT2D eigenvalue weighted by Gasteiger charge is 2.17. The lowest BCUT2D eigenvalue weighted by atomic mass is 10.3. The molecule has 1 aromatic rings. The summed E-state index contributed by atoms with van der Waals surface area (Å²) in [5.74, 6) is -0.505. The van der Waals surface area contributed by atoms with E-state index in [4.69, 9.17) is 4.55 Å². The molecule has 0 fully saturated rings. The summed E-state index contributed by atoms with van der Waals surface area (Å²) in [5, 5.41) is 0. The second-order valence-corrected chi connectivity index (χ2v) is 4.98. The van der Waals surface area contributed by atoms with E-state index in [-0.39, 0.29) is 6.03 Å². The number of amides is 1. The first-order chi connectivity index (χ1) is 7.29. The average Bonchev–Trinajstić information content (AvgIpc) is 2.14. The van der Waals surface area contributed by atoms with Gasteiger partial charge in [-0.05, 0) is 6.07 Å². The minimum atomic E-state index is -4.08. The molecule has 0 aliphatic carbocycles. The second-order valence-electron chi connectivity index (χ2n) is 3.52. The quantitative estimate of drug-likeness (QED) is 0.582. The summed E-state index contributed by atoms with van der Waals surface area (Å²) in [6.07, 6.45) is 2.88. The summed E-state index contributed by atoms with van der Waals surface area (Å²) in [4.78, 5) is 12.9. The molecule has 1 rings (SSSR count). The molecule has 0 aromatic carbocycles. The van der Waals surface area contributed by atoms with Crippen molar-refractivity contribution in [3.05, 3.63) is 30.1 Å². The summed E-state index contributed by atoms with van der Waals surface area (Å²) >= 11 is 0. The molecule has 0 radical (unpaired) electrons. The van der Waals surface area contributed by atoms with Gasteiger partial charge in [-0.1, -0.05) is 6.07 Å². The largest absolute Gasteiger partial charge is 0.497 e. The molecule has 7 heteroatoms. The molecule has 0 saturated carbocycles. The molecule has 0 spiro atoms. The van der Waals surface area contributed by atoms with Gasteiger partial charge in [0.1, 0.15) is 11.9 Å². The topological polar surface area (TPSA) is 78.6 Å². The lowest BCUT2D eigenvalue weighted by Crippen LogP contribution is -2.49. The number of hydrogen-bond acceptors (Lipinski definition) is 3. The Morgan fingerprint density at radius 1 is 1.50 bits per heavy atom. The first-order valence-electron chi connectivity index (χ1n) is 4.46. The Kier molecular flexibility index (Phi) is 3.61. The molecule has 0 aliphatic heterocycles. The van der Waals surface area contributed by atoms with Crippen molar-refractivity contribution < 1.29 is 22.3 Å². The maximum atomic E-state index is 11.5. The Labute approximate surface area is 93.9 Å². The molecule has 1 heterocycles. The van der Waals surface area contributed by atoms with Gasteiger partial charge in [0.2, 0.25) is 0 Å². The first-order valence-corrected chi connectivity index (χ1v) is 6.07. The van der Waals surface area contributed by atoms with Crippen LogP contribution in [0.3, 0.4) is 0 Å². The number of pyridine rings is 1. The highest BCUT2D eigenvalue weighted by Crippen LogP contribution is 2.00. The van der Waals surface area contributed by atoms with Crippen molar-refractivity contribution in [3.63, 3.8) is 0 Å². The molecule has 1 N–H and O–H groups in total. The van der Waals surface area contributed by atoms with E-state index >= 15 is 0 Å². The van der Waals surface area contributed by atoms with Crippen LogP contribution in [0.25, 0.3) is 0 Å². The number of rotatable bonds is 2. The molecule has 0 atom stereocenters. The molecule has 0 saturated heterocycles. The van der Waals surface area contributed by atoms with Crippen LogP contribution in [0.15, 0.2) is 24.5 Å². The van der Waals surface area contributed by atoms with Crippen LogP contribution < -0.4 is 4.57 Å². The normalized spacial score (nSPS) is 11.2. The van der Waals surface area contributed by atoms with Crippen LogP contribution in [0, 0.1) is 0 Å². The monoisotopic (exact) mass is 245 g/mol. The van der Waals surface area contributed by atoms with Crippen LogP contribution in [0.4, 0.5) is 4.79 Å². The fourth-order valence-corrected chi connectivity index (χ4v) is 1.76. The highest BCUT2D eigenvalue weighted by molar-refractivity contribution is 7.85. The van der Waals surface area contributed by atoms with E-state index in [1.54, 1.807) is 20.2 Å². The van der Waals surface area contributed by atoms with Crippen LogP contribution in [0.5, 0.6) is 0 Å².